The van der Waals surface area contributed by atoms with Crippen LogP contribution in [0.3, 0.4) is 0 Å². The van der Waals surface area contributed by atoms with Crippen molar-refractivity contribution < 1.29 is 9.59 Å². The molecule has 0 aliphatic carbocycles. The summed E-state index contributed by atoms with van der Waals surface area (Å²) in [6.45, 7) is 0.671. The first-order valence-corrected chi connectivity index (χ1v) is 7.30. The third-order valence-corrected chi connectivity index (χ3v) is 3.54. The van der Waals surface area contributed by atoms with Crippen molar-refractivity contribution in [2.75, 3.05) is 23.9 Å². The molecule has 1 aromatic rings. The van der Waals surface area contributed by atoms with E-state index in [1.807, 2.05) is 12.3 Å². The van der Waals surface area contributed by atoms with Crippen LogP contribution in [-0.2, 0) is 11.2 Å². The Balaban J connectivity index is 2.03. The second-order valence-electron chi connectivity index (χ2n) is 4.16. The Hall–Kier alpha value is -1.49. The standard InChI is InChI=1S/C13H16N2O2S/c1-18-7-3-6-14-13(17)9-4-2-5-11-10(9)8-12(16)15-11/h2,4-5H,3,6-8H2,1H3,(H,14,17)(H,15,16). The second kappa shape index (κ2) is 5.91. The van der Waals surface area contributed by atoms with Gasteiger partial charge in [0, 0.05) is 17.8 Å². The Morgan fingerprint density at radius 2 is 2.33 bits per heavy atom. The summed E-state index contributed by atoms with van der Waals surface area (Å²) in [6.07, 6.45) is 3.30. The third kappa shape index (κ3) is 2.85. The minimum absolute atomic E-state index is 0.0485. The Bertz CT molecular complexity index is 474. The van der Waals surface area contributed by atoms with E-state index in [-0.39, 0.29) is 11.8 Å². The first kappa shape index (κ1) is 13.0. The number of carbonyl (C=O) groups excluding carboxylic acids is 2. The summed E-state index contributed by atoms with van der Waals surface area (Å²) in [7, 11) is 0. The van der Waals surface area contributed by atoms with Crippen LogP contribution in [0.4, 0.5) is 5.69 Å². The molecule has 2 N–H and O–H groups in total. The highest BCUT2D eigenvalue weighted by atomic mass is 32.2. The molecule has 0 spiro atoms. The van der Waals surface area contributed by atoms with Crippen LogP contribution < -0.4 is 10.6 Å². The highest BCUT2D eigenvalue weighted by Crippen LogP contribution is 2.26. The largest absolute Gasteiger partial charge is 0.352 e. The van der Waals surface area contributed by atoms with Crippen LogP contribution in [0.15, 0.2) is 18.2 Å². The summed E-state index contributed by atoms with van der Waals surface area (Å²) in [4.78, 5) is 23.3. The molecule has 2 amide bonds. The van der Waals surface area contributed by atoms with E-state index in [0.29, 0.717) is 18.5 Å². The number of fused-ring (bicyclic) bond motifs is 1. The number of rotatable bonds is 5. The number of benzene rings is 1. The van der Waals surface area contributed by atoms with Crippen molar-refractivity contribution >= 4 is 29.3 Å². The van der Waals surface area contributed by atoms with Gasteiger partial charge >= 0.3 is 0 Å². The predicted molar refractivity (Wildman–Crippen MR) is 74.1 cm³/mol. The van der Waals surface area contributed by atoms with E-state index in [0.717, 1.165) is 23.4 Å². The Morgan fingerprint density at radius 1 is 1.50 bits per heavy atom. The zero-order valence-corrected chi connectivity index (χ0v) is 11.1. The van der Waals surface area contributed by atoms with Gasteiger partial charge in [0.15, 0.2) is 0 Å². The van der Waals surface area contributed by atoms with Gasteiger partial charge in [-0.3, -0.25) is 9.59 Å². The van der Waals surface area contributed by atoms with Crippen molar-refractivity contribution in [1.82, 2.24) is 5.32 Å². The normalized spacial score (nSPS) is 13.1. The van der Waals surface area contributed by atoms with Gasteiger partial charge in [0.25, 0.3) is 5.91 Å². The van der Waals surface area contributed by atoms with Crippen LogP contribution in [0.25, 0.3) is 0 Å². The topological polar surface area (TPSA) is 58.2 Å². The summed E-state index contributed by atoms with van der Waals surface area (Å²) < 4.78 is 0. The summed E-state index contributed by atoms with van der Waals surface area (Å²) in [5, 5.41) is 5.63. The molecule has 1 aliphatic rings. The van der Waals surface area contributed by atoms with E-state index < -0.39 is 0 Å². The van der Waals surface area contributed by atoms with E-state index in [9.17, 15) is 9.59 Å². The van der Waals surface area contributed by atoms with Gasteiger partial charge < -0.3 is 10.6 Å². The van der Waals surface area contributed by atoms with Crippen molar-refractivity contribution in [2.45, 2.75) is 12.8 Å². The summed E-state index contributed by atoms with van der Waals surface area (Å²) >= 11 is 1.76. The average molecular weight is 264 g/mol. The SMILES string of the molecule is CSCCCNC(=O)c1cccc2c1CC(=O)N2. The van der Waals surface area contributed by atoms with Crippen LogP contribution in [0.1, 0.15) is 22.3 Å². The predicted octanol–water partition coefficient (Wildman–Crippen LogP) is 1.66. The molecule has 18 heavy (non-hydrogen) atoms. The van der Waals surface area contributed by atoms with E-state index in [4.69, 9.17) is 0 Å². The molecule has 96 valence electrons. The van der Waals surface area contributed by atoms with Crippen LogP contribution in [0.2, 0.25) is 0 Å². The van der Waals surface area contributed by atoms with Crippen molar-refractivity contribution in [3.05, 3.63) is 29.3 Å². The Labute approximate surface area is 111 Å². The fraction of sp³-hybridized carbons (Fsp3) is 0.385. The first-order valence-electron chi connectivity index (χ1n) is 5.91. The average Bonchev–Trinajstić information content (AvgIpc) is 2.74. The van der Waals surface area contributed by atoms with Crippen LogP contribution in [-0.4, -0.2) is 30.4 Å². The van der Waals surface area contributed by atoms with Gasteiger partial charge in [-0.2, -0.15) is 11.8 Å². The van der Waals surface area contributed by atoms with Gasteiger partial charge in [0.1, 0.15) is 0 Å². The second-order valence-corrected chi connectivity index (χ2v) is 5.14. The highest BCUT2D eigenvalue weighted by Gasteiger charge is 2.23. The number of thioether (sulfide) groups is 1. The third-order valence-electron chi connectivity index (χ3n) is 2.84. The lowest BCUT2D eigenvalue weighted by Crippen LogP contribution is -2.25. The molecule has 1 heterocycles. The van der Waals surface area contributed by atoms with Gasteiger partial charge in [0.2, 0.25) is 5.91 Å². The zero-order chi connectivity index (χ0) is 13.0. The van der Waals surface area contributed by atoms with Crippen LogP contribution in [0.5, 0.6) is 0 Å². The fourth-order valence-electron chi connectivity index (χ4n) is 1.98. The van der Waals surface area contributed by atoms with Gasteiger partial charge in [-0.1, -0.05) is 6.07 Å². The lowest BCUT2D eigenvalue weighted by atomic mass is 10.0. The highest BCUT2D eigenvalue weighted by molar-refractivity contribution is 7.98. The molecule has 0 unspecified atom stereocenters. The molecule has 5 heteroatoms. The summed E-state index contributed by atoms with van der Waals surface area (Å²) in [6, 6.07) is 5.38. The minimum atomic E-state index is -0.0931. The van der Waals surface area contributed by atoms with E-state index in [1.165, 1.54) is 0 Å². The molecule has 0 bridgehead atoms. The van der Waals surface area contributed by atoms with Crippen LogP contribution in [0, 0.1) is 0 Å². The van der Waals surface area contributed by atoms with Gasteiger partial charge in [-0.05, 0) is 36.1 Å². The molecule has 1 aliphatic heterocycles. The lowest BCUT2D eigenvalue weighted by molar-refractivity contribution is -0.115. The fourth-order valence-corrected chi connectivity index (χ4v) is 2.41. The molecule has 0 atom stereocenters. The van der Waals surface area contributed by atoms with Gasteiger partial charge in [-0.15, -0.1) is 0 Å². The quantitative estimate of drug-likeness (QED) is 0.795. The maximum atomic E-state index is 12.0. The molecule has 0 radical (unpaired) electrons. The number of amides is 2. The maximum absolute atomic E-state index is 12.0. The number of hydrogen-bond acceptors (Lipinski definition) is 3. The zero-order valence-electron chi connectivity index (χ0n) is 10.3. The monoisotopic (exact) mass is 264 g/mol. The van der Waals surface area contributed by atoms with Crippen molar-refractivity contribution in [1.29, 1.82) is 0 Å². The first-order chi connectivity index (χ1) is 8.72. The molecular formula is C13H16N2O2S. The minimum Gasteiger partial charge on any atom is -0.352 e. The lowest BCUT2D eigenvalue weighted by Gasteiger charge is -2.08. The van der Waals surface area contributed by atoms with Crippen molar-refractivity contribution in [3.8, 4) is 0 Å². The van der Waals surface area contributed by atoms with E-state index in [1.54, 1.807) is 23.9 Å². The van der Waals surface area contributed by atoms with Crippen molar-refractivity contribution in [3.63, 3.8) is 0 Å². The molecule has 0 saturated heterocycles. The number of carbonyl (C=O) groups is 2. The van der Waals surface area contributed by atoms with Crippen LogP contribution >= 0.6 is 11.8 Å². The molecule has 0 saturated carbocycles. The Morgan fingerprint density at radius 3 is 3.11 bits per heavy atom. The van der Waals surface area contributed by atoms with Crippen molar-refractivity contribution in [2.24, 2.45) is 0 Å². The molecule has 4 nitrogen and oxygen atoms in total. The number of hydrogen-bond donors (Lipinski definition) is 2. The molecular weight excluding hydrogens is 248 g/mol. The Kier molecular flexibility index (Phi) is 4.25. The van der Waals surface area contributed by atoms with E-state index >= 15 is 0 Å². The maximum Gasteiger partial charge on any atom is 0.251 e. The van der Waals surface area contributed by atoms with E-state index in [2.05, 4.69) is 10.6 Å². The van der Waals surface area contributed by atoms with Gasteiger partial charge in [-0.25, -0.2) is 0 Å². The number of anilines is 1. The molecule has 0 aromatic heterocycles. The molecule has 0 fully saturated rings. The number of nitrogens with one attached hydrogen (secondary N) is 2. The summed E-state index contributed by atoms with van der Waals surface area (Å²) in [5.74, 6) is 0.893. The molecule has 2 rings (SSSR count). The molecule has 1 aromatic carbocycles. The summed E-state index contributed by atoms with van der Waals surface area (Å²) in [5.41, 5.74) is 2.18. The smallest absolute Gasteiger partial charge is 0.251 e. The van der Waals surface area contributed by atoms with Gasteiger partial charge in [0.05, 0.1) is 6.42 Å².